The summed E-state index contributed by atoms with van der Waals surface area (Å²) in [5, 5.41) is 3.03. The van der Waals surface area contributed by atoms with Gasteiger partial charge in [-0.3, -0.25) is 9.59 Å². The van der Waals surface area contributed by atoms with Crippen molar-refractivity contribution < 1.29 is 9.59 Å². The zero-order chi connectivity index (χ0) is 25.0. The van der Waals surface area contributed by atoms with E-state index in [1.54, 1.807) is 4.90 Å². The minimum absolute atomic E-state index is 0.0166. The van der Waals surface area contributed by atoms with Gasteiger partial charge in [0.25, 0.3) is 0 Å². The number of halogens is 1. The third kappa shape index (κ3) is 8.36. The van der Waals surface area contributed by atoms with Crippen LogP contribution in [-0.4, -0.2) is 29.3 Å². The Hall–Kier alpha value is -2.92. The van der Waals surface area contributed by atoms with E-state index in [0.717, 1.165) is 34.0 Å². The van der Waals surface area contributed by atoms with Gasteiger partial charge in [-0.1, -0.05) is 96.5 Å². The number of carbonyl (C=O) groups is 2. The Balaban J connectivity index is 1.87. The molecule has 0 aliphatic rings. The molecule has 5 heteroatoms. The Morgan fingerprint density at radius 3 is 2.20 bits per heavy atom. The Kier molecular flexibility index (Phi) is 10.5. The fourth-order valence-electron chi connectivity index (χ4n) is 4.09. The molecule has 184 valence electrons. The number of amides is 2. The Bertz CT molecular complexity index is 1080. The van der Waals surface area contributed by atoms with Crippen molar-refractivity contribution in [3.8, 4) is 0 Å². The highest BCUT2D eigenvalue weighted by Gasteiger charge is 2.30. The van der Waals surface area contributed by atoms with Gasteiger partial charge in [0, 0.05) is 30.4 Å². The molecule has 0 aliphatic heterocycles. The molecule has 0 heterocycles. The Morgan fingerprint density at radius 2 is 1.54 bits per heavy atom. The van der Waals surface area contributed by atoms with Crippen LogP contribution in [0.5, 0.6) is 0 Å². The molecule has 35 heavy (non-hydrogen) atoms. The van der Waals surface area contributed by atoms with E-state index in [4.69, 9.17) is 0 Å². The van der Waals surface area contributed by atoms with Gasteiger partial charge in [-0.05, 0) is 53.6 Å². The van der Waals surface area contributed by atoms with Crippen LogP contribution in [-0.2, 0) is 35.4 Å². The summed E-state index contributed by atoms with van der Waals surface area (Å²) in [6.07, 6.45) is 3.31. The van der Waals surface area contributed by atoms with Gasteiger partial charge >= 0.3 is 0 Å². The monoisotopic (exact) mass is 534 g/mol. The van der Waals surface area contributed by atoms with E-state index in [-0.39, 0.29) is 11.8 Å². The molecule has 1 N–H and O–H groups in total. The summed E-state index contributed by atoms with van der Waals surface area (Å²) in [4.78, 5) is 28.8. The standard InChI is InChI=1S/C30H35BrN2O2/c1-3-19-32-30(35)28(21-25-9-6-5-7-10-25)33(22-26-11-8-12-27(31)20-26)29(34)18-17-24-15-13-23(4-2)14-16-24/h5-16,20,28H,3-4,17-19,21-22H2,1-2H3,(H,32,35). The minimum Gasteiger partial charge on any atom is -0.354 e. The van der Waals surface area contributed by atoms with E-state index in [9.17, 15) is 9.59 Å². The van der Waals surface area contributed by atoms with Gasteiger partial charge < -0.3 is 10.2 Å². The van der Waals surface area contributed by atoms with Gasteiger partial charge in [0.1, 0.15) is 6.04 Å². The predicted octanol–water partition coefficient (Wildman–Crippen LogP) is 6.11. The van der Waals surface area contributed by atoms with E-state index in [0.29, 0.717) is 32.4 Å². The topological polar surface area (TPSA) is 49.4 Å². The van der Waals surface area contributed by atoms with Gasteiger partial charge in [0.2, 0.25) is 11.8 Å². The van der Waals surface area contributed by atoms with Crippen molar-refractivity contribution in [3.05, 3.63) is 106 Å². The molecule has 4 nitrogen and oxygen atoms in total. The summed E-state index contributed by atoms with van der Waals surface area (Å²) in [7, 11) is 0. The minimum atomic E-state index is -0.585. The summed E-state index contributed by atoms with van der Waals surface area (Å²) in [6.45, 7) is 5.13. The molecule has 0 spiro atoms. The van der Waals surface area contributed by atoms with Crippen LogP contribution < -0.4 is 5.32 Å². The third-order valence-electron chi connectivity index (χ3n) is 6.12. The number of benzene rings is 3. The smallest absolute Gasteiger partial charge is 0.243 e. The Labute approximate surface area is 217 Å². The van der Waals surface area contributed by atoms with Crippen molar-refractivity contribution in [2.24, 2.45) is 0 Å². The molecule has 2 amide bonds. The molecule has 0 fully saturated rings. The summed E-state index contributed by atoms with van der Waals surface area (Å²) >= 11 is 3.53. The summed E-state index contributed by atoms with van der Waals surface area (Å²) in [5.41, 5.74) is 4.44. The first-order chi connectivity index (χ1) is 17.0. The molecule has 3 rings (SSSR count). The predicted molar refractivity (Wildman–Crippen MR) is 146 cm³/mol. The van der Waals surface area contributed by atoms with Crippen molar-refractivity contribution in [1.82, 2.24) is 10.2 Å². The van der Waals surface area contributed by atoms with E-state index in [1.807, 2.05) is 61.5 Å². The first-order valence-electron chi connectivity index (χ1n) is 12.4. The van der Waals surface area contributed by atoms with Crippen LogP contribution in [0.4, 0.5) is 0 Å². The second-order valence-corrected chi connectivity index (χ2v) is 9.73. The maximum Gasteiger partial charge on any atom is 0.243 e. The highest BCUT2D eigenvalue weighted by molar-refractivity contribution is 9.10. The number of nitrogens with one attached hydrogen (secondary N) is 1. The average molecular weight is 536 g/mol. The van der Waals surface area contributed by atoms with Crippen LogP contribution in [0.1, 0.15) is 48.9 Å². The zero-order valence-electron chi connectivity index (χ0n) is 20.7. The largest absolute Gasteiger partial charge is 0.354 e. The summed E-state index contributed by atoms with van der Waals surface area (Å²) in [5.74, 6) is -0.122. The highest BCUT2D eigenvalue weighted by atomic mass is 79.9. The fraction of sp³-hybridized carbons (Fsp3) is 0.333. The van der Waals surface area contributed by atoms with E-state index < -0.39 is 6.04 Å². The first kappa shape index (κ1) is 26.7. The number of carbonyl (C=O) groups excluding carboxylic acids is 2. The van der Waals surface area contributed by atoms with E-state index >= 15 is 0 Å². The normalized spacial score (nSPS) is 11.6. The molecule has 1 unspecified atom stereocenters. The van der Waals surface area contributed by atoms with Gasteiger partial charge in [-0.15, -0.1) is 0 Å². The molecular weight excluding hydrogens is 500 g/mol. The molecule has 1 atom stereocenters. The van der Waals surface area contributed by atoms with Crippen LogP contribution in [0.15, 0.2) is 83.3 Å². The molecule has 0 saturated carbocycles. The molecular formula is C30H35BrN2O2. The van der Waals surface area contributed by atoms with Crippen LogP contribution >= 0.6 is 15.9 Å². The molecule has 3 aromatic carbocycles. The van der Waals surface area contributed by atoms with Crippen LogP contribution in [0.2, 0.25) is 0 Å². The summed E-state index contributed by atoms with van der Waals surface area (Å²) < 4.78 is 0.952. The van der Waals surface area contributed by atoms with Crippen LogP contribution in [0.3, 0.4) is 0 Å². The van der Waals surface area contributed by atoms with Crippen molar-refractivity contribution in [3.63, 3.8) is 0 Å². The van der Waals surface area contributed by atoms with Crippen molar-refractivity contribution in [1.29, 1.82) is 0 Å². The second kappa shape index (κ2) is 13.8. The Morgan fingerprint density at radius 1 is 0.857 bits per heavy atom. The second-order valence-electron chi connectivity index (χ2n) is 8.82. The lowest BCUT2D eigenvalue weighted by Crippen LogP contribution is -2.50. The van der Waals surface area contributed by atoms with Gasteiger partial charge in [-0.25, -0.2) is 0 Å². The number of nitrogens with zero attached hydrogens (tertiary/aromatic N) is 1. The quantitative estimate of drug-likeness (QED) is 0.304. The highest BCUT2D eigenvalue weighted by Crippen LogP contribution is 2.19. The van der Waals surface area contributed by atoms with Crippen molar-refractivity contribution >= 4 is 27.7 Å². The number of aryl methyl sites for hydroxylation is 2. The third-order valence-corrected chi connectivity index (χ3v) is 6.61. The maximum atomic E-state index is 13.7. The zero-order valence-corrected chi connectivity index (χ0v) is 22.3. The fourth-order valence-corrected chi connectivity index (χ4v) is 4.54. The first-order valence-corrected chi connectivity index (χ1v) is 13.2. The van der Waals surface area contributed by atoms with Gasteiger partial charge in [0.15, 0.2) is 0 Å². The molecule has 0 aromatic heterocycles. The number of hydrogen-bond acceptors (Lipinski definition) is 2. The van der Waals surface area contributed by atoms with Gasteiger partial charge in [0.05, 0.1) is 0 Å². The lowest BCUT2D eigenvalue weighted by atomic mass is 10.0. The van der Waals surface area contributed by atoms with E-state index in [1.165, 1.54) is 5.56 Å². The molecule has 3 aromatic rings. The van der Waals surface area contributed by atoms with Crippen LogP contribution in [0.25, 0.3) is 0 Å². The molecule has 0 radical (unpaired) electrons. The van der Waals surface area contributed by atoms with Gasteiger partial charge in [-0.2, -0.15) is 0 Å². The number of hydrogen-bond donors (Lipinski definition) is 1. The molecule has 0 saturated heterocycles. The van der Waals surface area contributed by atoms with E-state index in [2.05, 4.69) is 52.4 Å². The summed E-state index contributed by atoms with van der Waals surface area (Å²) in [6, 6.07) is 25.7. The lowest BCUT2D eigenvalue weighted by molar-refractivity contribution is -0.141. The van der Waals surface area contributed by atoms with Crippen molar-refractivity contribution in [2.75, 3.05) is 6.54 Å². The maximum absolute atomic E-state index is 13.7. The number of rotatable bonds is 12. The van der Waals surface area contributed by atoms with Crippen LogP contribution in [0, 0.1) is 0 Å². The SMILES string of the molecule is CCCNC(=O)C(Cc1ccccc1)N(Cc1cccc(Br)c1)C(=O)CCc1ccc(CC)cc1. The molecule has 0 bridgehead atoms. The average Bonchev–Trinajstić information content (AvgIpc) is 2.88. The lowest BCUT2D eigenvalue weighted by Gasteiger charge is -2.31. The van der Waals surface area contributed by atoms with Crippen molar-refractivity contribution in [2.45, 2.75) is 58.5 Å². The molecule has 0 aliphatic carbocycles.